The van der Waals surface area contributed by atoms with Gasteiger partial charge in [0.15, 0.2) is 0 Å². The van der Waals surface area contributed by atoms with E-state index in [1.807, 2.05) is 30.3 Å². The highest BCUT2D eigenvalue weighted by molar-refractivity contribution is 7.89. The third-order valence-electron chi connectivity index (χ3n) is 5.73. The number of anilines is 1. The molecule has 1 atom stereocenters. The van der Waals surface area contributed by atoms with E-state index in [4.69, 9.17) is 5.14 Å². The minimum Gasteiger partial charge on any atom is -0.260 e. The summed E-state index contributed by atoms with van der Waals surface area (Å²) in [6.07, 6.45) is -3.68. The Morgan fingerprint density at radius 2 is 1.50 bits per heavy atom. The topological polar surface area (TPSA) is 119 Å². The van der Waals surface area contributed by atoms with Crippen LogP contribution >= 0.6 is 0 Å². The molecule has 8 nitrogen and oxygen atoms in total. The smallest absolute Gasteiger partial charge is 0.260 e. The average molecular weight is 572 g/mol. The van der Waals surface area contributed by atoms with E-state index in [-0.39, 0.29) is 10.9 Å². The van der Waals surface area contributed by atoms with Crippen molar-refractivity contribution in [1.29, 1.82) is 0 Å². The van der Waals surface area contributed by atoms with E-state index in [0.29, 0.717) is 23.4 Å². The molecular formula is C24H21F4N3O5S2. The summed E-state index contributed by atoms with van der Waals surface area (Å²) in [5, 5.41) is 11.5. The van der Waals surface area contributed by atoms with E-state index in [1.54, 1.807) is 17.1 Å². The van der Waals surface area contributed by atoms with Crippen molar-refractivity contribution in [2.45, 2.75) is 34.6 Å². The van der Waals surface area contributed by atoms with E-state index in [9.17, 15) is 34.4 Å². The molecule has 0 aliphatic carbocycles. The van der Waals surface area contributed by atoms with Gasteiger partial charge in [0.25, 0.3) is 10.1 Å². The second-order valence-electron chi connectivity index (χ2n) is 8.36. The summed E-state index contributed by atoms with van der Waals surface area (Å²) in [5.41, 5.74) is 2.57. The molecule has 0 amide bonds. The van der Waals surface area contributed by atoms with Crippen molar-refractivity contribution >= 4 is 31.5 Å². The van der Waals surface area contributed by atoms with Crippen LogP contribution in [0.2, 0.25) is 0 Å². The fourth-order valence-corrected chi connectivity index (χ4v) is 5.18. The van der Waals surface area contributed by atoms with E-state index in [2.05, 4.69) is 9.28 Å². The third kappa shape index (κ3) is 6.04. The molecule has 0 saturated carbocycles. The summed E-state index contributed by atoms with van der Waals surface area (Å²) in [6, 6.07) is 19.9. The molecule has 1 heterocycles. The lowest BCUT2D eigenvalue weighted by Crippen LogP contribution is -2.33. The van der Waals surface area contributed by atoms with Gasteiger partial charge >= 0.3 is 12.3 Å². The van der Waals surface area contributed by atoms with Gasteiger partial charge in [-0.05, 0) is 47.5 Å². The van der Waals surface area contributed by atoms with Crippen LogP contribution in [0.5, 0.6) is 0 Å². The van der Waals surface area contributed by atoms with Gasteiger partial charge in [-0.3, -0.25) is 9.19 Å². The summed E-state index contributed by atoms with van der Waals surface area (Å²) in [7, 11) is -8.60. The fraction of sp³-hybridized carbons (Fsp3) is 0.208. The Hall–Kier alpha value is -3.33. The maximum atomic E-state index is 13.1. The number of nitrogens with zero attached hydrogens (tertiary/aromatic N) is 2. The minimum atomic E-state index is -4.71. The van der Waals surface area contributed by atoms with Crippen molar-refractivity contribution in [1.82, 2.24) is 0 Å². The van der Waals surface area contributed by atoms with E-state index >= 15 is 0 Å². The lowest BCUT2D eigenvalue weighted by molar-refractivity contribution is -0.147. The van der Waals surface area contributed by atoms with Gasteiger partial charge < -0.3 is 0 Å². The summed E-state index contributed by atoms with van der Waals surface area (Å²) >= 11 is 0. The lowest BCUT2D eigenvalue weighted by Gasteiger charge is -2.24. The SMILES string of the molecule is NS(=O)(=O)c1ccc(N2N=C(c3ccc(S(=O)(=O)OCC(F)(F)C(F)F)cc3)CC2c2ccccc2)cc1. The molecule has 38 heavy (non-hydrogen) atoms. The van der Waals surface area contributed by atoms with Crippen LogP contribution in [0.3, 0.4) is 0 Å². The highest BCUT2D eigenvalue weighted by atomic mass is 32.2. The van der Waals surface area contributed by atoms with Crippen molar-refractivity contribution in [3.8, 4) is 0 Å². The van der Waals surface area contributed by atoms with Gasteiger partial charge in [0.2, 0.25) is 10.0 Å². The number of hydrazone groups is 1. The molecule has 0 spiro atoms. The predicted octanol–water partition coefficient (Wildman–Crippen LogP) is 4.30. The van der Waals surface area contributed by atoms with Crippen molar-refractivity contribution in [3.05, 3.63) is 90.0 Å². The number of alkyl halides is 4. The van der Waals surface area contributed by atoms with Gasteiger partial charge in [0.05, 0.1) is 27.2 Å². The zero-order valence-corrected chi connectivity index (χ0v) is 21.0. The average Bonchev–Trinajstić information content (AvgIpc) is 3.33. The number of halogens is 4. The quantitative estimate of drug-likeness (QED) is 0.302. The Morgan fingerprint density at radius 3 is 2.05 bits per heavy atom. The molecular weight excluding hydrogens is 550 g/mol. The number of nitrogens with two attached hydrogens (primary N) is 1. The number of hydrogen-bond acceptors (Lipinski definition) is 7. The van der Waals surface area contributed by atoms with Crippen molar-refractivity contribution in [2.24, 2.45) is 10.2 Å². The largest absolute Gasteiger partial charge is 0.331 e. The van der Waals surface area contributed by atoms with Gasteiger partial charge in [0.1, 0.15) is 6.61 Å². The van der Waals surface area contributed by atoms with E-state index in [1.165, 1.54) is 24.3 Å². The molecule has 0 bridgehead atoms. The first-order valence-corrected chi connectivity index (χ1v) is 13.9. The number of hydrogen-bond donors (Lipinski definition) is 1. The first kappa shape index (κ1) is 27.7. The molecule has 1 aliphatic rings. The van der Waals surface area contributed by atoms with Gasteiger partial charge in [-0.2, -0.15) is 22.3 Å². The molecule has 0 saturated heterocycles. The maximum absolute atomic E-state index is 13.1. The third-order valence-corrected chi connectivity index (χ3v) is 7.93. The van der Waals surface area contributed by atoms with Crippen molar-refractivity contribution in [3.63, 3.8) is 0 Å². The monoisotopic (exact) mass is 571 g/mol. The van der Waals surface area contributed by atoms with Crippen LogP contribution in [-0.2, 0) is 24.3 Å². The Bertz CT molecular complexity index is 1530. The predicted molar refractivity (Wildman–Crippen MR) is 131 cm³/mol. The highest BCUT2D eigenvalue weighted by Gasteiger charge is 2.42. The normalized spacial score (nSPS) is 16.6. The molecule has 1 aliphatic heterocycles. The van der Waals surface area contributed by atoms with Gasteiger partial charge in [-0.15, -0.1) is 0 Å². The number of primary sulfonamides is 1. The molecule has 0 radical (unpaired) electrons. The van der Waals surface area contributed by atoms with Crippen LogP contribution in [-0.4, -0.2) is 41.5 Å². The standard InChI is InChI=1S/C24H21F4N3O5S2/c25-23(26)24(27,28)15-36-38(34,35)20-10-6-16(7-11-20)21-14-22(17-4-2-1-3-5-17)31(30-21)18-8-12-19(13-9-18)37(29,32)33/h1-13,22-23H,14-15H2,(H2,29,32,33). The first-order valence-electron chi connectivity index (χ1n) is 11.0. The minimum absolute atomic E-state index is 0.0637. The molecule has 4 rings (SSSR count). The van der Waals surface area contributed by atoms with E-state index < -0.39 is 44.0 Å². The van der Waals surface area contributed by atoms with Crippen LogP contribution in [0.25, 0.3) is 0 Å². The van der Waals surface area contributed by atoms with Crippen LogP contribution < -0.4 is 10.1 Å². The summed E-state index contributed by atoms with van der Waals surface area (Å²) in [6.45, 7) is -1.99. The molecule has 1 unspecified atom stereocenters. The Morgan fingerprint density at radius 1 is 0.921 bits per heavy atom. The number of sulfonamides is 1. The van der Waals surface area contributed by atoms with Crippen LogP contribution in [0, 0.1) is 0 Å². The van der Waals surface area contributed by atoms with Crippen LogP contribution in [0.15, 0.2) is 93.8 Å². The highest BCUT2D eigenvalue weighted by Crippen LogP contribution is 2.37. The molecule has 0 fully saturated rings. The second kappa shape index (κ2) is 10.4. The molecule has 2 N–H and O–H groups in total. The molecule has 0 aromatic heterocycles. The Kier molecular flexibility index (Phi) is 7.61. The summed E-state index contributed by atoms with van der Waals surface area (Å²) < 4.78 is 103. The van der Waals surface area contributed by atoms with Gasteiger partial charge in [-0.25, -0.2) is 22.3 Å². The number of benzene rings is 3. The van der Waals surface area contributed by atoms with Crippen LogP contribution in [0.1, 0.15) is 23.6 Å². The van der Waals surface area contributed by atoms with E-state index in [0.717, 1.165) is 17.7 Å². The maximum Gasteiger partial charge on any atom is 0.331 e. The van der Waals surface area contributed by atoms with Crippen LogP contribution in [0.4, 0.5) is 23.2 Å². The Balaban J connectivity index is 1.61. The zero-order valence-electron chi connectivity index (χ0n) is 19.4. The lowest BCUT2D eigenvalue weighted by atomic mass is 9.98. The zero-order chi connectivity index (χ0) is 27.7. The summed E-state index contributed by atoms with van der Waals surface area (Å²) in [4.78, 5) is -0.550. The first-order chi connectivity index (χ1) is 17.8. The number of rotatable bonds is 9. The molecule has 3 aromatic carbocycles. The Labute approximate surface area is 216 Å². The van der Waals surface area contributed by atoms with Crippen molar-refractivity contribution in [2.75, 3.05) is 11.6 Å². The van der Waals surface area contributed by atoms with Crippen molar-refractivity contribution < 1.29 is 38.6 Å². The van der Waals surface area contributed by atoms with Gasteiger partial charge in [0, 0.05) is 6.42 Å². The van der Waals surface area contributed by atoms with Gasteiger partial charge in [-0.1, -0.05) is 42.5 Å². The summed E-state index contributed by atoms with van der Waals surface area (Å²) in [5.74, 6) is -4.62. The molecule has 202 valence electrons. The fourth-order valence-electron chi connectivity index (χ4n) is 3.75. The molecule has 14 heteroatoms. The molecule has 3 aromatic rings. The second-order valence-corrected chi connectivity index (χ2v) is 11.5.